The number of amides is 1. The van der Waals surface area contributed by atoms with Crippen LogP contribution in [0.25, 0.3) is 0 Å². The van der Waals surface area contributed by atoms with Crippen LogP contribution in [-0.2, 0) is 23.9 Å². The lowest BCUT2D eigenvalue weighted by Gasteiger charge is -2.15. The van der Waals surface area contributed by atoms with Crippen LogP contribution >= 0.6 is 0 Å². The van der Waals surface area contributed by atoms with Crippen LogP contribution in [0.1, 0.15) is 13.8 Å². The van der Waals surface area contributed by atoms with Crippen molar-refractivity contribution >= 4 is 18.3 Å². The summed E-state index contributed by atoms with van der Waals surface area (Å²) in [5, 5.41) is 2.33. The number of rotatable bonds is 6. The van der Waals surface area contributed by atoms with Gasteiger partial charge in [-0.3, -0.25) is 14.4 Å². The van der Waals surface area contributed by atoms with Gasteiger partial charge < -0.3 is 14.8 Å². The van der Waals surface area contributed by atoms with Crippen LogP contribution in [-0.4, -0.2) is 37.6 Å². The minimum Gasteiger partial charge on any atom is -0.462 e. The average Bonchev–Trinajstić information content (AvgIpc) is 2.09. The lowest BCUT2D eigenvalue weighted by Crippen LogP contribution is -2.34. The fourth-order valence-electron chi connectivity index (χ4n) is 0.759. The highest BCUT2D eigenvalue weighted by Crippen LogP contribution is 1.93. The molecule has 0 heterocycles. The van der Waals surface area contributed by atoms with E-state index in [9.17, 15) is 14.4 Å². The molecule has 0 rings (SSSR count). The van der Waals surface area contributed by atoms with Crippen LogP contribution in [0, 0.1) is 0 Å². The van der Waals surface area contributed by atoms with Crippen molar-refractivity contribution < 1.29 is 23.9 Å². The summed E-state index contributed by atoms with van der Waals surface area (Å²) in [6.07, 6.45) is -0.161. The summed E-state index contributed by atoms with van der Waals surface area (Å²) >= 11 is 0. The quantitative estimate of drug-likeness (QED) is 0.452. The Morgan fingerprint density at radius 3 is 2.43 bits per heavy atom. The number of ether oxygens (including phenoxy) is 2. The highest BCUT2D eigenvalue weighted by molar-refractivity contribution is 5.67. The van der Waals surface area contributed by atoms with Crippen molar-refractivity contribution in [1.29, 1.82) is 0 Å². The Labute approximate surface area is 81.6 Å². The van der Waals surface area contributed by atoms with E-state index in [1.54, 1.807) is 0 Å². The lowest BCUT2D eigenvalue weighted by atomic mass is 10.4. The van der Waals surface area contributed by atoms with Gasteiger partial charge in [0.05, 0.1) is 6.54 Å². The van der Waals surface area contributed by atoms with E-state index in [1.807, 2.05) is 0 Å². The van der Waals surface area contributed by atoms with E-state index in [0.29, 0.717) is 6.41 Å². The molecular weight excluding hydrogens is 190 g/mol. The molecule has 0 spiro atoms. The predicted molar refractivity (Wildman–Crippen MR) is 46.3 cm³/mol. The number of esters is 2. The molecule has 0 bridgehead atoms. The first-order valence-electron chi connectivity index (χ1n) is 4.04. The maximum atomic E-state index is 10.6. The van der Waals surface area contributed by atoms with Crippen molar-refractivity contribution in [2.45, 2.75) is 20.0 Å². The second-order valence-corrected chi connectivity index (χ2v) is 2.56. The molecule has 80 valence electrons. The minimum atomic E-state index is -0.637. The van der Waals surface area contributed by atoms with Crippen LogP contribution < -0.4 is 5.32 Å². The molecule has 0 aromatic rings. The predicted octanol–water partition coefficient (Wildman–Crippen LogP) is -0.773. The molecule has 0 saturated carbocycles. The zero-order valence-electron chi connectivity index (χ0n) is 8.11. The molecule has 1 amide bonds. The topological polar surface area (TPSA) is 81.7 Å². The fraction of sp³-hybridized carbons (Fsp3) is 0.625. The first-order valence-corrected chi connectivity index (χ1v) is 4.04. The van der Waals surface area contributed by atoms with E-state index in [1.165, 1.54) is 13.8 Å². The monoisotopic (exact) mass is 203 g/mol. The summed E-state index contributed by atoms with van der Waals surface area (Å²) in [5.74, 6) is -0.955. The van der Waals surface area contributed by atoms with Crippen molar-refractivity contribution in [1.82, 2.24) is 5.32 Å². The molecule has 0 aromatic heterocycles. The summed E-state index contributed by atoms with van der Waals surface area (Å²) in [5.41, 5.74) is 0. The number of nitrogens with one attached hydrogen (secondary N) is 1. The van der Waals surface area contributed by atoms with Gasteiger partial charge in [0.2, 0.25) is 6.41 Å². The third kappa shape index (κ3) is 7.08. The van der Waals surface area contributed by atoms with Crippen molar-refractivity contribution in [3.8, 4) is 0 Å². The summed E-state index contributed by atoms with van der Waals surface area (Å²) in [6, 6.07) is 0. The van der Waals surface area contributed by atoms with Gasteiger partial charge in [0.1, 0.15) is 6.61 Å². The van der Waals surface area contributed by atoms with Gasteiger partial charge in [0, 0.05) is 13.8 Å². The van der Waals surface area contributed by atoms with E-state index >= 15 is 0 Å². The Bertz CT molecular complexity index is 216. The maximum Gasteiger partial charge on any atom is 0.303 e. The van der Waals surface area contributed by atoms with Gasteiger partial charge in [0.15, 0.2) is 6.10 Å². The van der Waals surface area contributed by atoms with Crippen molar-refractivity contribution in [2.75, 3.05) is 13.2 Å². The van der Waals surface area contributed by atoms with Crippen molar-refractivity contribution in [3.05, 3.63) is 0 Å². The Balaban J connectivity index is 3.89. The Kier molecular flexibility index (Phi) is 6.09. The van der Waals surface area contributed by atoms with Crippen molar-refractivity contribution in [3.63, 3.8) is 0 Å². The van der Waals surface area contributed by atoms with E-state index < -0.39 is 18.0 Å². The van der Waals surface area contributed by atoms with E-state index in [-0.39, 0.29) is 13.2 Å². The zero-order valence-corrected chi connectivity index (χ0v) is 8.11. The molecule has 1 N–H and O–H groups in total. The number of carbonyl (C=O) groups excluding carboxylic acids is 3. The molecule has 0 aliphatic heterocycles. The molecule has 6 nitrogen and oxygen atoms in total. The molecule has 14 heavy (non-hydrogen) atoms. The summed E-state index contributed by atoms with van der Waals surface area (Å²) in [7, 11) is 0. The summed E-state index contributed by atoms with van der Waals surface area (Å²) in [6.45, 7) is 2.55. The van der Waals surface area contributed by atoms with Crippen LogP contribution in [0.2, 0.25) is 0 Å². The molecule has 0 radical (unpaired) electrons. The molecular formula is C8H13NO5. The molecule has 0 fully saturated rings. The highest BCUT2D eigenvalue weighted by Gasteiger charge is 2.12. The molecule has 0 saturated heterocycles. The molecule has 1 atom stereocenters. The van der Waals surface area contributed by atoms with E-state index in [4.69, 9.17) is 4.74 Å². The first-order chi connectivity index (χ1) is 6.56. The normalized spacial score (nSPS) is 11.3. The summed E-state index contributed by atoms with van der Waals surface area (Å²) < 4.78 is 9.40. The van der Waals surface area contributed by atoms with Gasteiger partial charge in [-0.1, -0.05) is 0 Å². The molecule has 1 unspecified atom stereocenters. The Hall–Kier alpha value is -1.59. The summed E-state index contributed by atoms with van der Waals surface area (Å²) in [4.78, 5) is 31.0. The number of hydrogen-bond donors (Lipinski definition) is 1. The van der Waals surface area contributed by atoms with Crippen LogP contribution in [0.5, 0.6) is 0 Å². The first kappa shape index (κ1) is 12.4. The lowest BCUT2D eigenvalue weighted by molar-refractivity contribution is -0.156. The van der Waals surface area contributed by atoms with Gasteiger partial charge in [-0.2, -0.15) is 0 Å². The van der Waals surface area contributed by atoms with E-state index in [2.05, 4.69) is 10.1 Å². The average molecular weight is 203 g/mol. The number of carbonyl (C=O) groups is 3. The third-order valence-corrected chi connectivity index (χ3v) is 1.23. The van der Waals surface area contributed by atoms with Gasteiger partial charge >= 0.3 is 11.9 Å². The maximum absolute atomic E-state index is 10.6. The van der Waals surface area contributed by atoms with Crippen molar-refractivity contribution in [2.24, 2.45) is 0 Å². The van der Waals surface area contributed by atoms with Gasteiger partial charge in [-0.05, 0) is 0 Å². The van der Waals surface area contributed by atoms with Gasteiger partial charge in [-0.15, -0.1) is 0 Å². The molecule has 0 aliphatic carbocycles. The fourth-order valence-corrected chi connectivity index (χ4v) is 0.759. The van der Waals surface area contributed by atoms with Crippen LogP contribution in [0.4, 0.5) is 0 Å². The molecule has 0 aromatic carbocycles. The Morgan fingerprint density at radius 2 is 2.00 bits per heavy atom. The molecule has 6 heteroatoms. The van der Waals surface area contributed by atoms with Crippen LogP contribution in [0.3, 0.4) is 0 Å². The number of hydrogen-bond acceptors (Lipinski definition) is 5. The van der Waals surface area contributed by atoms with Crippen LogP contribution in [0.15, 0.2) is 0 Å². The minimum absolute atomic E-state index is 0.0598. The third-order valence-electron chi connectivity index (χ3n) is 1.23. The smallest absolute Gasteiger partial charge is 0.303 e. The van der Waals surface area contributed by atoms with E-state index in [0.717, 1.165) is 0 Å². The second kappa shape index (κ2) is 6.88. The highest BCUT2D eigenvalue weighted by atomic mass is 16.6. The SMILES string of the molecule is CC(=O)OCC(CNC=O)OC(C)=O. The zero-order chi connectivity index (χ0) is 11.0. The standard InChI is InChI=1S/C8H13NO5/c1-6(11)13-4-8(3-9-5-10)14-7(2)12/h5,8H,3-4H2,1-2H3,(H,9,10). The molecule has 0 aliphatic rings. The van der Waals surface area contributed by atoms with Gasteiger partial charge in [0.25, 0.3) is 0 Å². The second-order valence-electron chi connectivity index (χ2n) is 2.56. The Morgan fingerprint density at radius 1 is 1.36 bits per heavy atom. The van der Waals surface area contributed by atoms with Gasteiger partial charge in [-0.25, -0.2) is 0 Å². The largest absolute Gasteiger partial charge is 0.462 e.